The van der Waals surface area contributed by atoms with Crippen molar-refractivity contribution in [2.75, 3.05) is 27.1 Å². The number of hydrogen-bond acceptors (Lipinski definition) is 16. The van der Waals surface area contributed by atoms with Gasteiger partial charge < -0.3 is 73.3 Å². The lowest BCUT2D eigenvalue weighted by molar-refractivity contribution is -0.323. The largest absolute Gasteiger partial charge is 0.492 e. The number of aliphatic hydroxyl groups is 7. The van der Waals surface area contributed by atoms with Gasteiger partial charge in [-0.15, -0.1) is 0 Å². The van der Waals surface area contributed by atoms with Gasteiger partial charge in [-0.05, 0) is 17.7 Å². The van der Waals surface area contributed by atoms with Crippen molar-refractivity contribution in [2.45, 2.75) is 61.4 Å². The molecule has 16 nitrogen and oxygen atoms in total. The third kappa shape index (κ3) is 5.70. The minimum Gasteiger partial charge on any atom is -0.492 e. The Bertz CT molecular complexity index is 1560. The van der Waals surface area contributed by atoms with Crippen molar-refractivity contribution < 1.29 is 73.3 Å². The predicted octanol–water partition coefficient (Wildman–Crippen LogP) is -1.80. The van der Waals surface area contributed by atoms with Crippen LogP contribution in [-0.4, -0.2) is 124 Å². The van der Waals surface area contributed by atoms with Gasteiger partial charge in [0, 0.05) is 6.07 Å². The van der Waals surface area contributed by atoms with E-state index in [4.69, 9.17) is 37.6 Å². The van der Waals surface area contributed by atoms with Crippen molar-refractivity contribution >= 4 is 11.0 Å². The third-order valence-corrected chi connectivity index (χ3v) is 7.92. The fraction of sp³-hybridized carbons (Fsp3) is 0.483. The van der Waals surface area contributed by atoms with Crippen LogP contribution in [0.15, 0.2) is 45.8 Å². The first-order chi connectivity index (χ1) is 21.6. The fourth-order valence-corrected chi connectivity index (χ4v) is 5.40. The normalized spacial score (nSPS) is 32.9. The van der Waals surface area contributed by atoms with Crippen molar-refractivity contribution in [3.05, 3.63) is 46.8 Å². The first-order valence-electron chi connectivity index (χ1n) is 13.9. The van der Waals surface area contributed by atoms with Crippen LogP contribution in [0.4, 0.5) is 0 Å². The minimum absolute atomic E-state index is 0.0219. The van der Waals surface area contributed by atoms with E-state index in [9.17, 15) is 40.5 Å². The number of ether oxygens (including phenoxy) is 7. The molecule has 0 amide bonds. The second-order valence-corrected chi connectivity index (χ2v) is 10.7. The number of fused-ring (bicyclic) bond motifs is 2. The molecule has 4 heterocycles. The van der Waals surface area contributed by atoms with Gasteiger partial charge in [0.25, 0.3) is 0 Å². The molecule has 0 saturated carbocycles. The number of rotatable bonds is 8. The molecule has 45 heavy (non-hydrogen) atoms. The summed E-state index contributed by atoms with van der Waals surface area (Å²) in [4.78, 5) is 13.5. The second kappa shape index (κ2) is 12.7. The van der Waals surface area contributed by atoms with Gasteiger partial charge >= 0.3 is 0 Å². The first kappa shape index (κ1) is 31.4. The van der Waals surface area contributed by atoms with E-state index in [1.807, 2.05) is 0 Å². The highest BCUT2D eigenvalue weighted by Crippen LogP contribution is 2.45. The molecule has 0 aliphatic carbocycles. The maximum atomic E-state index is 13.5. The molecule has 2 aromatic carbocycles. The Morgan fingerprint density at radius 2 is 1.51 bits per heavy atom. The number of aliphatic hydroxyl groups excluding tert-OH is 7. The Kier molecular flexibility index (Phi) is 8.86. The van der Waals surface area contributed by atoms with Crippen LogP contribution in [0.1, 0.15) is 0 Å². The predicted molar refractivity (Wildman–Crippen MR) is 148 cm³/mol. The Labute approximate surface area is 254 Å². The average Bonchev–Trinajstić information content (AvgIpc) is 3.52. The third-order valence-electron chi connectivity index (χ3n) is 7.92. The lowest BCUT2D eigenvalue weighted by Crippen LogP contribution is -2.62. The molecular weight excluding hydrogens is 604 g/mol. The Hall–Kier alpha value is -3.55. The highest BCUT2D eigenvalue weighted by molar-refractivity contribution is 5.91. The Morgan fingerprint density at radius 3 is 2.20 bits per heavy atom. The van der Waals surface area contributed by atoms with E-state index >= 15 is 0 Å². The fourth-order valence-electron chi connectivity index (χ4n) is 5.40. The summed E-state index contributed by atoms with van der Waals surface area (Å²) < 4.78 is 44.1. The zero-order chi connectivity index (χ0) is 32.0. The molecule has 7 N–H and O–H groups in total. The van der Waals surface area contributed by atoms with Crippen LogP contribution in [0, 0.1) is 0 Å². The van der Waals surface area contributed by atoms with Crippen LogP contribution < -0.4 is 24.4 Å². The quantitative estimate of drug-likeness (QED) is 0.144. The van der Waals surface area contributed by atoms with Gasteiger partial charge in [-0.1, -0.05) is 12.1 Å². The van der Waals surface area contributed by atoms with Gasteiger partial charge in [-0.25, -0.2) is 0 Å². The summed E-state index contributed by atoms with van der Waals surface area (Å²) >= 11 is 0. The maximum Gasteiger partial charge on any atom is 0.231 e. The van der Waals surface area contributed by atoms with Crippen LogP contribution in [0.3, 0.4) is 0 Å². The molecule has 0 bridgehead atoms. The molecular formula is C29H32O16. The number of hydrogen-bond donors (Lipinski definition) is 7. The summed E-state index contributed by atoms with van der Waals surface area (Å²) in [7, 11) is 1.40. The molecule has 3 aromatic rings. The summed E-state index contributed by atoms with van der Waals surface area (Å²) in [6, 6.07) is 7.65. The van der Waals surface area contributed by atoms with Gasteiger partial charge in [-0.3, -0.25) is 4.79 Å². The highest BCUT2D eigenvalue weighted by atomic mass is 16.7. The zero-order valence-corrected chi connectivity index (χ0v) is 23.7. The van der Waals surface area contributed by atoms with E-state index in [0.717, 1.165) is 0 Å². The Balaban J connectivity index is 1.16. The number of methoxy groups -OCH3 is 1. The average molecular weight is 637 g/mol. The van der Waals surface area contributed by atoms with Crippen molar-refractivity contribution in [2.24, 2.45) is 0 Å². The van der Waals surface area contributed by atoms with Crippen LogP contribution in [0.25, 0.3) is 22.1 Å². The molecule has 2 saturated heterocycles. The van der Waals surface area contributed by atoms with Gasteiger partial charge in [0.05, 0.1) is 25.9 Å². The smallest absolute Gasteiger partial charge is 0.231 e. The van der Waals surface area contributed by atoms with E-state index < -0.39 is 74.6 Å². The van der Waals surface area contributed by atoms with Crippen molar-refractivity contribution in [3.8, 4) is 34.1 Å². The van der Waals surface area contributed by atoms with Crippen LogP contribution >= 0.6 is 0 Å². The molecule has 16 heteroatoms. The summed E-state index contributed by atoms with van der Waals surface area (Å²) in [6.45, 7) is -1.20. The highest BCUT2D eigenvalue weighted by Gasteiger charge is 2.48. The molecule has 3 aliphatic heterocycles. The number of benzene rings is 2. The molecule has 0 spiro atoms. The van der Waals surface area contributed by atoms with E-state index in [2.05, 4.69) is 0 Å². The molecule has 3 aliphatic rings. The van der Waals surface area contributed by atoms with E-state index in [0.29, 0.717) is 17.1 Å². The summed E-state index contributed by atoms with van der Waals surface area (Å²) in [5.74, 6) is 1.05. The standard InChI is InChI=1S/C29H32O16/c1-38-27-18-14(6-15-26(27)42-10-41-15)39-8-13(19(18)31)11-2-4-12(5-3-11)43-29-25(37)23(35)21(33)17(45-29)9-40-28-24(36)22(34)20(32)16(7-30)44-28/h2-6,8,16-17,20-25,28-30,32-37H,7,9-10H2,1H3/t16-,17-,20-,21-,22+,23+,24-,25-,28-,29-/m1/s1. The van der Waals surface area contributed by atoms with Crippen molar-refractivity contribution in [3.63, 3.8) is 0 Å². The maximum absolute atomic E-state index is 13.5. The lowest BCUT2D eigenvalue weighted by Gasteiger charge is -2.42. The molecule has 0 unspecified atom stereocenters. The molecule has 1 aromatic heterocycles. The minimum atomic E-state index is -1.72. The topological polar surface area (TPSA) is 236 Å². The summed E-state index contributed by atoms with van der Waals surface area (Å²) in [5.41, 5.74) is 0.540. The zero-order valence-electron chi connectivity index (χ0n) is 23.7. The molecule has 10 atom stereocenters. The van der Waals surface area contributed by atoms with E-state index in [1.165, 1.54) is 25.5 Å². The lowest BCUT2D eigenvalue weighted by atomic mass is 9.98. The Morgan fingerprint density at radius 1 is 0.844 bits per heavy atom. The SMILES string of the molecule is COc1c2c(cc3occ(-c4ccc(O[C@@H]5O[C@H](CO[C@@H]6O[C@H](CO)[C@@H](O)[C@H](O)[C@H]6O)[C@@H](O)[C@H](O)[C@H]5O)cc4)c(=O)c13)OCO2. The van der Waals surface area contributed by atoms with Gasteiger partial charge in [0.15, 0.2) is 17.8 Å². The van der Waals surface area contributed by atoms with Crippen LogP contribution in [0.5, 0.6) is 23.0 Å². The van der Waals surface area contributed by atoms with E-state index in [1.54, 1.807) is 18.2 Å². The molecule has 0 radical (unpaired) electrons. The van der Waals surface area contributed by atoms with Crippen LogP contribution in [-0.2, 0) is 14.2 Å². The van der Waals surface area contributed by atoms with Gasteiger partial charge in [0.1, 0.15) is 71.8 Å². The van der Waals surface area contributed by atoms with Crippen molar-refractivity contribution in [1.29, 1.82) is 0 Å². The first-order valence-corrected chi connectivity index (χ1v) is 13.9. The molecule has 6 rings (SSSR count). The van der Waals surface area contributed by atoms with E-state index in [-0.39, 0.29) is 40.3 Å². The summed E-state index contributed by atoms with van der Waals surface area (Å²) in [5, 5.41) is 71.1. The molecule has 2 fully saturated rings. The van der Waals surface area contributed by atoms with Crippen molar-refractivity contribution in [1.82, 2.24) is 0 Å². The van der Waals surface area contributed by atoms with Crippen LogP contribution in [0.2, 0.25) is 0 Å². The molecule has 244 valence electrons. The van der Waals surface area contributed by atoms with Gasteiger partial charge in [0.2, 0.25) is 24.3 Å². The monoisotopic (exact) mass is 636 g/mol. The van der Waals surface area contributed by atoms with Gasteiger partial charge in [-0.2, -0.15) is 0 Å². The summed E-state index contributed by atoms with van der Waals surface area (Å²) in [6.07, 6.45) is -14.2. The second-order valence-electron chi connectivity index (χ2n) is 10.7.